The van der Waals surface area contributed by atoms with Crippen molar-refractivity contribution in [2.75, 3.05) is 19.0 Å². The topological polar surface area (TPSA) is 73.3 Å². The molecule has 0 aliphatic rings. The summed E-state index contributed by atoms with van der Waals surface area (Å²) in [5, 5.41) is 18.3. The smallest absolute Gasteiger partial charge is 0.147 e. The zero-order valence-electron chi connectivity index (χ0n) is 10.1. The minimum absolute atomic E-state index is 0.0522. The Balaban J connectivity index is 3.36. The van der Waals surface area contributed by atoms with Gasteiger partial charge in [0.05, 0.1) is 17.8 Å². The lowest BCUT2D eigenvalue weighted by atomic mass is 9.99. The van der Waals surface area contributed by atoms with Gasteiger partial charge in [-0.05, 0) is 13.0 Å². The van der Waals surface area contributed by atoms with Gasteiger partial charge >= 0.3 is 0 Å². The molecular formula is C12H16FN3O. The predicted molar refractivity (Wildman–Crippen MR) is 64.1 cm³/mol. The highest BCUT2D eigenvalue weighted by atomic mass is 19.1. The van der Waals surface area contributed by atoms with Gasteiger partial charge in [-0.3, -0.25) is 0 Å². The summed E-state index contributed by atoms with van der Waals surface area (Å²) in [6.07, 6.45) is -0.874. The van der Waals surface area contributed by atoms with E-state index in [-0.39, 0.29) is 11.1 Å². The second-order valence-electron chi connectivity index (χ2n) is 4.14. The van der Waals surface area contributed by atoms with E-state index >= 15 is 0 Å². The van der Waals surface area contributed by atoms with Crippen molar-refractivity contribution in [3.05, 3.63) is 29.1 Å². The number of nitrogens with zero attached hydrogens (tertiary/aromatic N) is 2. The first-order chi connectivity index (χ1) is 7.90. The molecule has 92 valence electrons. The summed E-state index contributed by atoms with van der Waals surface area (Å²) in [5.41, 5.74) is 6.27. The lowest BCUT2D eigenvalue weighted by Crippen LogP contribution is -2.25. The van der Waals surface area contributed by atoms with E-state index in [1.165, 1.54) is 13.0 Å². The van der Waals surface area contributed by atoms with Crippen LogP contribution in [-0.4, -0.2) is 25.3 Å². The number of rotatable bonds is 3. The summed E-state index contributed by atoms with van der Waals surface area (Å²) in [6, 6.07) is 4.12. The summed E-state index contributed by atoms with van der Waals surface area (Å²) in [6.45, 7) is 1.48. The molecule has 2 unspecified atom stereocenters. The minimum Gasteiger partial charge on any atom is -0.391 e. The van der Waals surface area contributed by atoms with Gasteiger partial charge in [0.2, 0.25) is 0 Å². The maximum absolute atomic E-state index is 14.1. The molecule has 3 N–H and O–H groups in total. The van der Waals surface area contributed by atoms with Gasteiger partial charge in [-0.15, -0.1) is 0 Å². The fourth-order valence-electron chi connectivity index (χ4n) is 1.58. The van der Waals surface area contributed by atoms with Crippen LogP contribution in [0.25, 0.3) is 0 Å². The third-order valence-electron chi connectivity index (χ3n) is 2.62. The van der Waals surface area contributed by atoms with Crippen molar-refractivity contribution in [1.29, 1.82) is 5.26 Å². The monoisotopic (exact) mass is 237 g/mol. The van der Waals surface area contributed by atoms with Crippen LogP contribution < -0.4 is 10.6 Å². The Morgan fingerprint density at radius 2 is 2.06 bits per heavy atom. The quantitative estimate of drug-likeness (QED) is 0.827. The molecule has 0 spiro atoms. The second kappa shape index (κ2) is 5.13. The molecule has 0 bridgehead atoms. The zero-order chi connectivity index (χ0) is 13.2. The molecule has 0 aromatic heterocycles. The maximum atomic E-state index is 14.1. The van der Waals surface area contributed by atoms with Gasteiger partial charge < -0.3 is 15.7 Å². The molecule has 1 rings (SSSR count). The molecule has 0 saturated carbocycles. The summed E-state index contributed by atoms with van der Waals surface area (Å²) >= 11 is 0. The Hall–Kier alpha value is -1.64. The Morgan fingerprint density at radius 1 is 1.47 bits per heavy atom. The van der Waals surface area contributed by atoms with Crippen LogP contribution in [0.1, 0.15) is 24.1 Å². The molecule has 0 fully saturated rings. The summed E-state index contributed by atoms with van der Waals surface area (Å²) in [5.74, 6) is -0.660. The molecule has 0 aliphatic carbocycles. The van der Waals surface area contributed by atoms with Crippen molar-refractivity contribution in [3.8, 4) is 6.07 Å². The van der Waals surface area contributed by atoms with Gasteiger partial charge in [0.25, 0.3) is 0 Å². The normalized spacial score (nSPS) is 13.9. The van der Waals surface area contributed by atoms with Crippen LogP contribution in [0.2, 0.25) is 0 Å². The van der Waals surface area contributed by atoms with Crippen LogP contribution >= 0.6 is 0 Å². The Morgan fingerprint density at radius 3 is 2.47 bits per heavy atom. The molecule has 1 aromatic rings. The lowest BCUT2D eigenvalue weighted by Gasteiger charge is -2.20. The number of nitriles is 1. The van der Waals surface area contributed by atoms with Gasteiger partial charge in [0.1, 0.15) is 17.4 Å². The number of anilines is 1. The van der Waals surface area contributed by atoms with Crippen LogP contribution in [0.4, 0.5) is 10.1 Å². The highest BCUT2D eigenvalue weighted by Crippen LogP contribution is 2.27. The lowest BCUT2D eigenvalue weighted by molar-refractivity contribution is 0.162. The number of aliphatic hydroxyl groups is 1. The molecule has 0 heterocycles. The fourth-order valence-corrected chi connectivity index (χ4v) is 1.58. The van der Waals surface area contributed by atoms with Gasteiger partial charge in [0.15, 0.2) is 0 Å². The number of hydrogen-bond acceptors (Lipinski definition) is 4. The molecule has 0 aliphatic heterocycles. The van der Waals surface area contributed by atoms with Crippen molar-refractivity contribution in [1.82, 2.24) is 0 Å². The second-order valence-corrected chi connectivity index (χ2v) is 4.14. The minimum atomic E-state index is -0.874. The number of hydrogen-bond donors (Lipinski definition) is 2. The van der Waals surface area contributed by atoms with Gasteiger partial charge in [0, 0.05) is 19.7 Å². The van der Waals surface area contributed by atoms with Crippen LogP contribution in [0, 0.1) is 17.1 Å². The number of halogens is 1. The van der Waals surface area contributed by atoms with E-state index < -0.39 is 18.0 Å². The highest BCUT2D eigenvalue weighted by molar-refractivity contribution is 5.60. The van der Waals surface area contributed by atoms with E-state index in [0.717, 1.165) is 0 Å². The molecule has 17 heavy (non-hydrogen) atoms. The van der Waals surface area contributed by atoms with Gasteiger partial charge in [-0.25, -0.2) is 4.39 Å². The molecule has 0 saturated heterocycles. The van der Waals surface area contributed by atoms with Crippen molar-refractivity contribution in [2.45, 2.75) is 19.1 Å². The van der Waals surface area contributed by atoms with E-state index in [1.54, 1.807) is 25.1 Å². The van der Waals surface area contributed by atoms with E-state index in [9.17, 15) is 9.50 Å². The molecular weight excluding hydrogens is 221 g/mol. The standard InChI is InChI=1S/C12H16FN3O/c1-7(17)12(15)8-4-5-10(16(2)3)9(6-14)11(8)13/h4-5,7,12,17H,15H2,1-3H3. The summed E-state index contributed by atoms with van der Waals surface area (Å²) in [7, 11) is 3.45. The summed E-state index contributed by atoms with van der Waals surface area (Å²) < 4.78 is 14.1. The zero-order valence-corrected chi connectivity index (χ0v) is 10.1. The molecule has 0 amide bonds. The summed E-state index contributed by atoms with van der Waals surface area (Å²) in [4.78, 5) is 1.65. The van der Waals surface area contributed by atoms with Gasteiger partial charge in [-0.1, -0.05) is 6.07 Å². The number of nitrogens with two attached hydrogens (primary N) is 1. The van der Waals surface area contributed by atoms with Crippen molar-refractivity contribution >= 4 is 5.69 Å². The number of aliphatic hydroxyl groups excluding tert-OH is 1. The van der Waals surface area contributed by atoms with Crippen molar-refractivity contribution < 1.29 is 9.50 Å². The van der Waals surface area contributed by atoms with Crippen molar-refractivity contribution in [2.24, 2.45) is 5.73 Å². The van der Waals surface area contributed by atoms with Crippen molar-refractivity contribution in [3.63, 3.8) is 0 Å². The third kappa shape index (κ3) is 2.54. The molecule has 5 heteroatoms. The first-order valence-electron chi connectivity index (χ1n) is 5.23. The molecule has 2 atom stereocenters. The SMILES string of the molecule is CC(O)C(N)c1ccc(N(C)C)c(C#N)c1F. The number of benzene rings is 1. The van der Waals surface area contributed by atoms with Crippen LogP contribution in [-0.2, 0) is 0 Å². The highest BCUT2D eigenvalue weighted by Gasteiger charge is 2.21. The largest absolute Gasteiger partial charge is 0.391 e. The Kier molecular flexibility index (Phi) is 4.05. The average molecular weight is 237 g/mol. The Bertz CT molecular complexity index is 452. The van der Waals surface area contributed by atoms with E-state index in [2.05, 4.69) is 0 Å². The first-order valence-corrected chi connectivity index (χ1v) is 5.23. The van der Waals surface area contributed by atoms with Gasteiger partial charge in [-0.2, -0.15) is 5.26 Å². The average Bonchev–Trinajstić information content (AvgIpc) is 2.27. The maximum Gasteiger partial charge on any atom is 0.147 e. The van der Waals surface area contributed by atoms with E-state index in [1.807, 2.05) is 6.07 Å². The first kappa shape index (κ1) is 13.4. The predicted octanol–water partition coefficient (Wildman–Crippen LogP) is 1.14. The van der Waals surface area contributed by atoms with E-state index in [4.69, 9.17) is 11.0 Å². The van der Waals surface area contributed by atoms with Crippen LogP contribution in [0.3, 0.4) is 0 Å². The Labute approximate surface area is 100 Å². The van der Waals surface area contributed by atoms with Crippen LogP contribution in [0.15, 0.2) is 12.1 Å². The fraction of sp³-hybridized carbons (Fsp3) is 0.417. The van der Waals surface area contributed by atoms with Crippen LogP contribution in [0.5, 0.6) is 0 Å². The molecule has 0 radical (unpaired) electrons. The molecule has 4 nitrogen and oxygen atoms in total. The molecule has 1 aromatic carbocycles. The third-order valence-corrected chi connectivity index (χ3v) is 2.62. The van der Waals surface area contributed by atoms with E-state index in [0.29, 0.717) is 5.69 Å².